The number of rotatable bonds is 5. The van der Waals surface area contributed by atoms with Gasteiger partial charge < -0.3 is 20.0 Å². The van der Waals surface area contributed by atoms with Crippen molar-refractivity contribution in [2.45, 2.75) is 6.23 Å². The summed E-state index contributed by atoms with van der Waals surface area (Å²) in [4.78, 5) is 9.69. The van der Waals surface area contributed by atoms with E-state index in [-0.39, 0.29) is 6.61 Å². The molecule has 0 bridgehead atoms. The molecule has 0 aromatic heterocycles. The molecule has 0 saturated carbocycles. The lowest BCUT2D eigenvalue weighted by atomic mass is 10.6. The lowest BCUT2D eigenvalue weighted by molar-refractivity contribution is -0.114. The van der Waals surface area contributed by atoms with Crippen LogP contribution in [-0.4, -0.2) is 32.8 Å². The quantitative estimate of drug-likeness (QED) is 0.391. The van der Waals surface area contributed by atoms with Gasteiger partial charge in [0, 0.05) is 7.11 Å². The molecular weight excluding hydrogens is 122 g/mol. The predicted octanol–water partition coefficient (Wildman–Crippen LogP) is -0.867. The Morgan fingerprint density at radius 1 is 1.78 bits per heavy atom. The molecule has 4 nitrogen and oxygen atoms in total. The fourth-order valence-electron chi connectivity index (χ4n) is 0.375. The topological polar surface area (TPSA) is 61.6 Å². The molecule has 0 fully saturated rings. The molecule has 2 N–H and O–H groups in total. The van der Waals surface area contributed by atoms with E-state index < -0.39 is 6.23 Å². The van der Waals surface area contributed by atoms with E-state index in [9.17, 15) is 4.79 Å². The third kappa shape index (κ3) is 5.42. The van der Waals surface area contributed by atoms with E-state index in [2.05, 4.69) is 4.74 Å². The van der Waals surface area contributed by atoms with Crippen LogP contribution >= 0.6 is 0 Å². The molecule has 4 heteroatoms. The van der Waals surface area contributed by atoms with Crippen molar-refractivity contribution in [2.24, 2.45) is 5.73 Å². The van der Waals surface area contributed by atoms with Gasteiger partial charge in [-0.25, -0.2) is 0 Å². The van der Waals surface area contributed by atoms with Gasteiger partial charge in [0.1, 0.15) is 19.1 Å². The molecule has 0 heterocycles. The van der Waals surface area contributed by atoms with Crippen LogP contribution in [0, 0.1) is 0 Å². The highest BCUT2D eigenvalue weighted by Gasteiger charge is 1.98. The Kier molecular flexibility index (Phi) is 5.40. The van der Waals surface area contributed by atoms with Gasteiger partial charge in [-0.3, -0.25) is 0 Å². The van der Waals surface area contributed by atoms with Crippen LogP contribution in [0.1, 0.15) is 0 Å². The SMILES string of the molecule is COCC(N)OCC=O. The minimum absolute atomic E-state index is 0.0323. The maximum Gasteiger partial charge on any atom is 0.145 e. The first-order valence-corrected chi connectivity index (χ1v) is 2.61. The summed E-state index contributed by atoms with van der Waals surface area (Å²) in [5.74, 6) is 0. The zero-order valence-corrected chi connectivity index (χ0v) is 5.37. The second-order valence-corrected chi connectivity index (χ2v) is 1.49. The van der Waals surface area contributed by atoms with E-state index in [0.717, 1.165) is 0 Å². The average Bonchev–Trinajstić information content (AvgIpc) is 1.85. The van der Waals surface area contributed by atoms with Gasteiger partial charge >= 0.3 is 0 Å². The molecule has 0 rings (SSSR count). The summed E-state index contributed by atoms with van der Waals surface area (Å²) in [6.07, 6.45) is 0.162. The number of nitrogens with two attached hydrogens (primary N) is 1. The number of methoxy groups -OCH3 is 1. The van der Waals surface area contributed by atoms with Gasteiger partial charge in [0.05, 0.1) is 6.61 Å². The maximum atomic E-state index is 9.69. The first-order valence-electron chi connectivity index (χ1n) is 2.61. The van der Waals surface area contributed by atoms with Crippen LogP contribution in [0.5, 0.6) is 0 Å². The van der Waals surface area contributed by atoms with Crippen molar-refractivity contribution in [2.75, 3.05) is 20.3 Å². The van der Waals surface area contributed by atoms with E-state index in [4.69, 9.17) is 10.5 Å². The lowest BCUT2D eigenvalue weighted by Gasteiger charge is -2.07. The molecule has 0 amide bonds. The van der Waals surface area contributed by atoms with Crippen LogP contribution < -0.4 is 5.73 Å². The van der Waals surface area contributed by atoms with Crippen LogP contribution in [0.4, 0.5) is 0 Å². The molecule has 0 saturated heterocycles. The third-order valence-electron chi connectivity index (χ3n) is 0.709. The first kappa shape index (κ1) is 8.55. The molecule has 0 aliphatic heterocycles. The van der Waals surface area contributed by atoms with Gasteiger partial charge in [0.15, 0.2) is 0 Å². The Morgan fingerprint density at radius 2 is 2.44 bits per heavy atom. The van der Waals surface area contributed by atoms with E-state index in [1.54, 1.807) is 0 Å². The van der Waals surface area contributed by atoms with Gasteiger partial charge in [0.25, 0.3) is 0 Å². The third-order valence-corrected chi connectivity index (χ3v) is 0.709. The maximum absolute atomic E-state index is 9.69. The molecule has 0 spiro atoms. The van der Waals surface area contributed by atoms with Crippen molar-refractivity contribution in [3.8, 4) is 0 Å². The van der Waals surface area contributed by atoms with Crippen molar-refractivity contribution >= 4 is 6.29 Å². The van der Waals surface area contributed by atoms with Crippen LogP contribution in [-0.2, 0) is 14.3 Å². The Bertz CT molecular complexity index is 76.6. The van der Waals surface area contributed by atoms with Crippen molar-refractivity contribution in [1.29, 1.82) is 0 Å². The average molecular weight is 133 g/mol. The van der Waals surface area contributed by atoms with Crippen molar-refractivity contribution in [3.63, 3.8) is 0 Å². The molecular formula is C5H11NO3. The Balaban J connectivity index is 3.04. The zero-order valence-electron chi connectivity index (χ0n) is 5.37. The molecule has 0 aliphatic rings. The summed E-state index contributed by atoms with van der Waals surface area (Å²) in [5, 5.41) is 0. The van der Waals surface area contributed by atoms with E-state index in [0.29, 0.717) is 12.9 Å². The van der Waals surface area contributed by atoms with Crippen molar-refractivity contribution in [3.05, 3.63) is 0 Å². The largest absolute Gasteiger partial charge is 0.381 e. The van der Waals surface area contributed by atoms with Crippen LogP contribution in [0.2, 0.25) is 0 Å². The number of ether oxygens (including phenoxy) is 2. The second kappa shape index (κ2) is 5.68. The number of carbonyl (C=O) groups is 1. The van der Waals surface area contributed by atoms with Gasteiger partial charge in [-0.15, -0.1) is 0 Å². The van der Waals surface area contributed by atoms with Gasteiger partial charge in [-0.1, -0.05) is 0 Å². The predicted molar refractivity (Wildman–Crippen MR) is 31.9 cm³/mol. The zero-order chi connectivity index (χ0) is 7.11. The summed E-state index contributed by atoms with van der Waals surface area (Å²) in [6.45, 7) is 0.346. The number of aldehydes is 1. The fraction of sp³-hybridized carbons (Fsp3) is 0.800. The van der Waals surface area contributed by atoms with Gasteiger partial charge in [0.2, 0.25) is 0 Å². The molecule has 1 unspecified atom stereocenters. The molecule has 54 valence electrons. The van der Waals surface area contributed by atoms with Gasteiger partial charge in [-0.05, 0) is 0 Å². The lowest BCUT2D eigenvalue weighted by Crippen LogP contribution is -2.29. The summed E-state index contributed by atoms with van der Waals surface area (Å²) in [7, 11) is 1.52. The number of hydrogen-bond donors (Lipinski definition) is 1. The Morgan fingerprint density at radius 3 is 2.89 bits per heavy atom. The Hall–Kier alpha value is -0.450. The molecule has 0 radical (unpaired) electrons. The summed E-state index contributed by atoms with van der Waals surface area (Å²) < 4.78 is 9.35. The summed E-state index contributed by atoms with van der Waals surface area (Å²) in [6, 6.07) is 0. The summed E-state index contributed by atoms with van der Waals surface area (Å²) in [5.41, 5.74) is 5.26. The molecule has 1 atom stereocenters. The first-order chi connectivity index (χ1) is 4.31. The van der Waals surface area contributed by atoms with E-state index in [1.807, 2.05) is 0 Å². The highest BCUT2D eigenvalue weighted by atomic mass is 16.5. The highest BCUT2D eigenvalue weighted by Crippen LogP contribution is 1.80. The normalized spacial score (nSPS) is 13.1. The molecule has 0 aromatic carbocycles. The summed E-state index contributed by atoms with van der Waals surface area (Å²) >= 11 is 0. The highest BCUT2D eigenvalue weighted by molar-refractivity contribution is 5.50. The van der Waals surface area contributed by atoms with Crippen molar-refractivity contribution < 1.29 is 14.3 Å². The van der Waals surface area contributed by atoms with Crippen LogP contribution in [0.15, 0.2) is 0 Å². The minimum Gasteiger partial charge on any atom is -0.381 e. The van der Waals surface area contributed by atoms with E-state index in [1.165, 1.54) is 7.11 Å². The Labute approximate surface area is 53.9 Å². The standard InChI is InChI=1S/C5H11NO3/c1-8-4-5(6)9-3-2-7/h2,5H,3-4,6H2,1H3. The minimum atomic E-state index is -0.486. The van der Waals surface area contributed by atoms with Crippen LogP contribution in [0.25, 0.3) is 0 Å². The van der Waals surface area contributed by atoms with Crippen LogP contribution in [0.3, 0.4) is 0 Å². The monoisotopic (exact) mass is 133 g/mol. The molecule has 0 aromatic rings. The molecule has 0 aliphatic carbocycles. The number of hydrogen-bond acceptors (Lipinski definition) is 4. The fourth-order valence-corrected chi connectivity index (χ4v) is 0.375. The molecule has 9 heavy (non-hydrogen) atoms. The second-order valence-electron chi connectivity index (χ2n) is 1.49. The number of carbonyl (C=O) groups excluding carboxylic acids is 1. The smallest absolute Gasteiger partial charge is 0.145 e. The van der Waals surface area contributed by atoms with E-state index >= 15 is 0 Å². The van der Waals surface area contributed by atoms with Crippen molar-refractivity contribution in [1.82, 2.24) is 0 Å². The van der Waals surface area contributed by atoms with Gasteiger partial charge in [-0.2, -0.15) is 0 Å².